The molecular formula is C13H16N4. The quantitative estimate of drug-likeness (QED) is 0.550. The third-order valence-electron chi connectivity index (χ3n) is 2.78. The highest BCUT2D eigenvalue weighted by Crippen LogP contribution is 2.25. The maximum Gasteiger partial charge on any atom is 0.0745 e. The number of pyridine rings is 1. The molecular weight excluding hydrogens is 212 g/mol. The fourth-order valence-corrected chi connectivity index (χ4v) is 1.78. The van der Waals surface area contributed by atoms with Gasteiger partial charge in [0.15, 0.2) is 0 Å². The van der Waals surface area contributed by atoms with E-state index in [2.05, 4.69) is 10.4 Å². The van der Waals surface area contributed by atoms with E-state index < -0.39 is 0 Å². The summed E-state index contributed by atoms with van der Waals surface area (Å²) in [6.45, 7) is 2.05. The number of hydrogen-bond acceptors (Lipinski definition) is 4. The molecule has 0 saturated carbocycles. The number of nitrogens with two attached hydrogens (primary N) is 2. The van der Waals surface area contributed by atoms with Crippen LogP contribution >= 0.6 is 0 Å². The Labute approximate surface area is 101 Å². The van der Waals surface area contributed by atoms with Gasteiger partial charge in [-0.25, -0.2) is 5.43 Å². The number of benzene rings is 1. The van der Waals surface area contributed by atoms with Crippen LogP contribution in [0.1, 0.15) is 22.7 Å². The number of nitrogen functional groups attached to an aromatic ring is 1. The van der Waals surface area contributed by atoms with Crippen LogP contribution in [0.5, 0.6) is 0 Å². The van der Waals surface area contributed by atoms with Crippen molar-refractivity contribution in [2.24, 2.45) is 5.84 Å². The Balaban J connectivity index is 2.40. The largest absolute Gasteiger partial charge is 0.398 e. The normalized spacial score (nSPS) is 12.4. The van der Waals surface area contributed by atoms with Gasteiger partial charge in [0.2, 0.25) is 0 Å². The summed E-state index contributed by atoms with van der Waals surface area (Å²) in [5.41, 5.74) is 12.6. The average Bonchev–Trinajstić information content (AvgIpc) is 2.35. The lowest BCUT2D eigenvalue weighted by Crippen LogP contribution is -2.29. The molecule has 4 nitrogen and oxygen atoms in total. The summed E-state index contributed by atoms with van der Waals surface area (Å²) >= 11 is 0. The predicted molar refractivity (Wildman–Crippen MR) is 69.0 cm³/mol. The van der Waals surface area contributed by atoms with Crippen molar-refractivity contribution in [3.05, 3.63) is 59.4 Å². The van der Waals surface area contributed by atoms with Gasteiger partial charge >= 0.3 is 0 Å². The van der Waals surface area contributed by atoms with Gasteiger partial charge in [-0.15, -0.1) is 0 Å². The van der Waals surface area contributed by atoms with Gasteiger partial charge in [0, 0.05) is 23.6 Å². The number of hydrogen-bond donors (Lipinski definition) is 3. The molecule has 0 aliphatic heterocycles. The third kappa shape index (κ3) is 2.43. The standard InChI is InChI=1S/C13H16N4/c1-9-2-4-10(5-3-9)13(17-15)11-8-16-7-6-12(11)14/h2-8,13,17H,15H2,1H3,(H2,14,16). The van der Waals surface area contributed by atoms with Crippen LogP contribution in [-0.4, -0.2) is 4.98 Å². The Morgan fingerprint density at radius 2 is 1.88 bits per heavy atom. The smallest absolute Gasteiger partial charge is 0.0745 e. The van der Waals surface area contributed by atoms with Crippen molar-refractivity contribution < 1.29 is 0 Å². The number of rotatable bonds is 3. The van der Waals surface area contributed by atoms with Crippen LogP contribution in [0, 0.1) is 6.92 Å². The maximum atomic E-state index is 5.93. The minimum Gasteiger partial charge on any atom is -0.398 e. The van der Waals surface area contributed by atoms with E-state index in [0.717, 1.165) is 11.1 Å². The molecule has 17 heavy (non-hydrogen) atoms. The number of hydrazine groups is 1. The van der Waals surface area contributed by atoms with Gasteiger partial charge in [-0.1, -0.05) is 29.8 Å². The van der Waals surface area contributed by atoms with E-state index in [1.807, 2.05) is 31.2 Å². The Morgan fingerprint density at radius 1 is 1.18 bits per heavy atom. The van der Waals surface area contributed by atoms with Crippen LogP contribution in [0.3, 0.4) is 0 Å². The van der Waals surface area contributed by atoms with Gasteiger partial charge in [0.05, 0.1) is 6.04 Å². The topological polar surface area (TPSA) is 77.0 Å². The molecule has 4 heteroatoms. The Bertz CT molecular complexity index is 493. The van der Waals surface area contributed by atoms with E-state index in [1.54, 1.807) is 18.5 Å². The number of aryl methyl sites for hydroxylation is 1. The molecule has 0 fully saturated rings. The molecule has 1 aromatic carbocycles. The maximum absolute atomic E-state index is 5.93. The van der Waals surface area contributed by atoms with Crippen LogP contribution in [0.2, 0.25) is 0 Å². The molecule has 0 aliphatic carbocycles. The summed E-state index contributed by atoms with van der Waals surface area (Å²) in [5, 5.41) is 0. The highest BCUT2D eigenvalue weighted by Gasteiger charge is 2.14. The second-order valence-corrected chi connectivity index (χ2v) is 4.01. The second kappa shape index (κ2) is 4.95. The van der Waals surface area contributed by atoms with Crippen molar-refractivity contribution in [3.63, 3.8) is 0 Å². The van der Waals surface area contributed by atoms with E-state index in [4.69, 9.17) is 11.6 Å². The lowest BCUT2D eigenvalue weighted by molar-refractivity contribution is 0.636. The SMILES string of the molecule is Cc1ccc(C(NN)c2cnccc2N)cc1. The van der Waals surface area contributed by atoms with E-state index in [9.17, 15) is 0 Å². The molecule has 2 aromatic rings. The lowest BCUT2D eigenvalue weighted by Gasteiger charge is -2.18. The molecule has 88 valence electrons. The monoisotopic (exact) mass is 228 g/mol. The molecule has 2 rings (SSSR count). The van der Waals surface area contributed by atoms with Gasteiger partial charge in [-0.2, -0.15) is 0 Å². The molecule has 1 aromatic heterocycles. The Morgan fingerprint density at radius 3 is 2.47 bits per heavy atom. The zero-order valence-electron chi connectivity index (χ0n) is 9.72. The minimum atomic E-state index is -0.135. The lowest BCUT2D eigenvalue weighted by atomic mass is 9.99. The number of anilines is 1. The first-order chi connectivity index (χ1) is 8.22. The third-order valence-corrected chi connectivity index (χ3v) is 2.78. The Hall–Kier alpha value is -1.91. The molecule has 1 atom stereocenters. The first-order valence-corrected chi connectivity index (χ1v) is 5.44. The molecule has 0 bridgehead atoms. The van der Waals surface area contributed by atoms with E-state index in [1.165, 1.54) is 5.56 Å². The second-order valence-electron chi connectivity index (χ2n) is 4.01. The molecule has 1 heterocycles. The summed E-state index contributed by atoms with van der Waals surface area (Å²) in [6.07, 6.45) is 3.40. The fourth-order valence-electron chi connectivity index (χ4n) is 1.78. The van der Waals surface area contributed by atoms with Crippen molar-refractivity contribution in [1.82, 2.24) is 10.4 Å². The predicted octanol–water partition coefficient (Wildman–Crippen LogP) is 1.52. The molecule has 0 saturated heterocycles. The summed E-state index contributed by atoms with van der Waals surface area (Å²) in [5.74, 6) is 5.61. The molecule has 0 spiro atoms. The van der Waals surface area contributed by atoms with E-state index >= 15 is 0 Å². The van der Waals surface area contributed by atoms with Crippen LogP contribution in [-0.2, 0) is 0 Å². The van der Waals surface area contributed by atoms with Crippen molar-refractivity contribution >= 4 is 5.69 Å². The van der Waals surface area contributed by atoms with Gasteiger partial charge in [-0.05, 0) is 18.6 Å². The van der Waals surface area contributed by atoms with Crippen molar-refractivity contribution in [2.75, 3.05) is 5.73 Å². The van der Waals surface area contributed by atoms with Crippen molar-refractivity contribution in [1.29, 1.82) is 0 Å². The molecule has 0 radical (unpaired) electrons. The summed E-state index contributed by atoms with van der Waals surface area (Å²) in [6, 6.07) is 9.80. The average molecular weight is 228 g/mol. The highest BCUT2D eigenvalue weighted by molar-refractivity contribution is 5.49. The highest BCUT2D eigenvalue weighted by atomic mass is 15.2. The van der Waals surface area contributed by atoms with Crippen molar-refractivity contribution in [3.8, 4) is 0 Å². The summed E-state index contributed by atoms with van der Waals surface area (Å²) in [7, 11) is 0. The number of aromatic nitrogens is 1. The zero-order valence-corrected chi connectivity index (χ0v) is 9.72. The first-order valence-electron chi connectivity index (χ1n) is 5.44. The van der Waals surface area contributed by atoms with Gasteiger partial charge < -0.3 is 5.73 Å². The van der Waals surface area contributed by atoms with Gasteiger partial charge in [-0.3, -0.25) is 10.8 Å². The molecule has 0 aliphatic rings. The van der Waals surface area contributed by atoms with Crippen LogP contribution in [0.15, 0.2) is 42.7 Å². The number of nitrogens with one attached hydrogen (secondary N) is 1. The summed E-state index contributed by atoms with van der Waals surface area (Å²) in [4.78, 5) is 4.08. The van der Waals surface area contributed by atoms with Crippen LogP contribution in [0.4, 0.5) is 5.69 Å². The van der Waals surface area contributed by atoms with Crippen molar-refractivity contribution in [2.45, 2.75) is 13.0 Å². The van der Waals surface area contributed by atoms with E-state index in [0.29, 0.717) is 5.69 Å². The minimum absolute atomic E-state index is 0.135. The van der Waals surface area contributed by atoms with Gasteiger partial charge in [0.1, 0.15) is 0 Å². The molecule has 5 N–H and O–H groups in total. The fraction of sp³-hybridized carbons (Fsp3) is 0.154. The molecule has 0 amide bonds. The van der Waals surface area contributed by atoms with Crippen LogP contribution < -0.4 is 17.0 Å². The molecule has 1 unspecified atom stereocenters. The first kappa shape index (κ1) is 11.6. The zero-order chi connectivity index (χ0) is 12.3. The van der Waals surface area contributed by atoms with E-state index in [-0.39, 0.29) is 6.04 Å². The number of nitrogens with zero attached hydrogens (tertiary/aromatic N) is 1. The van der Waals surface area contributed by atoms with Crippen LogP contribution in [0.25, 0.3) is 0 Å². The summed E-state index contributed by atoms with van der Waals surface area (Å²) < 4.78 is 0. The Kier molecular flexibility index (Phi) is 3.37. The van der Waals surface area contributed by atoms with Gasteiger partial charge in [0.25, 0.3) is 0 Å².